The highest BCUT2D eigenvalue weighted by molar-refractivity contribution is 6.22. The minimum atomic E-state index is -0.0407. The Kier molecular flexibility index (Phi) is 3.47. The third-order valence-electron chi connectivity index (χ3n) is 7.83. The molecule has 0 atom stereocenters. The summed E-state index contributed by atoms with van der Waals surface area (Å²) in [5, 5.41) is 4.98. The van der Waals surface area contributed by atoms with Gasteiger partial charge in [0.25, 0.3) is 0 Å². The third-order valence-corrected chi connectivity index (χ3v) is 7.83. The molecule has 0 saturated heterocycles. The standard InChI is InChI=1S/C32H22N2O/c1-32(2)24-11-5-3-9-20(24)23-17-19-15-16-28-30(22(19)18-25(23)32)21-10-4-7-13-27(21)34(28)31-33-26-12-6-8-14-29(26)35-31/h3-18H,1-2H3. The Labute approximate surface area is 202 Å². The second kappa shape index (κ2) is 6.39. The van der Waals surface area contributed by atoms with E-state index < -0.39 is 0 Å². The Hall–Kier alpha value is -4.37. The number of rotatable bonds is 1. The number of hydrogen-bond acceptors (Lipinski definition) is 2. The van der Waals surface area contributed by atoms with E-state index >= 15 is 0 Å². The van der Waals surface area contributed by atoms with Gasteiger partial charge in [0.05, 0.1) is 11.0 Å². The minimum absolute atomic E-state index is 0.0407. The Morgan fingerprint density at radius 3 is 2.40 bits per heavy atom. The van der Waals surface area contributed by atoms with Crippen LogP contribution in [0.15, 0.2) is 101 Å². The summed E-state index contributed by atoms with van der Waals surface area (Å²) in [4.78, 5) is 4.84. The molecule has 3 heteroatoms. The lowest BCUT2D eigenvalue weighted by Gasteiger charge is -2.21. The topological polar surface area (TPSA) is 31.0 Å². The van der Waals surface area contributed by atoms with Crippen molar-refractivity contribution in [3.63, 3.8) is 0 Å². The lowest BCUT2D eigenvalue weighted by Crippen LogP contribution is -2.14. The van der Waals surface area contributed by atoms with Crippen LogP contribution in [0.3, 0.4) is 0 Å². The zero-order chi connectivity index (χ0) is 23.3. The summed E-state index contributed by atoms with van der Waals surface area (Å²) in [5.74, 6) is 0. The predicted molar refractivity (Wildman–Crippen MR) is 143 cm³/mol. The molecule has 0 bridgehead atoms. The summed E-state index contributed by atoms with van der Waals surface area (Å²) in [5.41, 5.74) is 9.32. The van der Waals surface area contributed by atoms with Crippen LogP contribution in [-0.4, -0.2) is 9.55 Å². The van der Waals surface area contributed by atoms with E-state index in [9.17, 15) is 0 Å². The molecule has 0 aliphatic heterocycles. The first-order valence-electron chi connectivity index (χ1n) is 12.1. The van der Waals surface area contributed by atoms with Gasteiger partial charge in [-0.3, -0.25) is 4.57 Å². The summed E-state index contributed by atoms with van der Waals surface area (Å²) in [6.45, 7) is 4.68. The highest BCUT2D eigenvalue weighted by Gasteiger charge is 2.35. The largest absolute Gasteiger partial charge is 0.423 e. The molecule has 0 amide bonds. The number of oxazole rings is 1. The van der Waals surface area contributed by atoms with E-state index in [0.717, 1.165) is 22.1 Å². The van der Waals surface area contributed by atoms with Crippen molar-refractivity contribution in [2.75, 3.05) is 0 Å². The first-order chi connectivity index (χ1) is 17.1. The summed E-state index contributed by atoms with van der Waals surface area (Å²) < 4.78 is 8.41. The van der Waals surface area contributed by atoms with E-state index in [2.05, 4.69) is 91.2 Å². The van der Waals surface area contributed by atoms with Crippen molar-refractivity contribution in [1.82, 2.24) is 9.55 Å². The number of fused-ring (bicyclic) bond motifs is 9. The quantitative estimate of drug-likeness (QED) is 0.251. The van der Waals surface area contributed by atoms with Crippen molar-refractivity contribution < 1.29 is 4.42 Å². The average Bonchev–Trinajstić information content (AvgIpc) is 3.52. The van der Waals surface area contributed by atoms with Crippen LogP contribution in [0.25, 0.3) is 60.8 Å². The van der Waals surface area contributed by atoms with Crippen LogP contribution in [-0.2, 0) is 5.41 Å². The van der Waals surface area contributed by atoms with Crippen LogP contribution in [0.5, 0.6) is 0 Å². The molecular weight excluding hydrogens is 428 g/mol. The Balaban J connectivity index is 1.51. The number of para-hydroxylation sites is 3. The van der Waals surface area contributed by atoms with Crippen LogP contribution >= 0.6 is 0 Å². The summed E-state index contributed by atoms with van der Waals surface area (Å²) in [6.07, 6.45) is 0. The van der Waals surface area contributed by atoms with Gasteiger partial charge < -0.3 is 4.42 Å². The maximum atomic E-state index is 6.24. The highest BCUT2D eigenvalue weighted by Crippen LogP contribution is 2.50. The van der Waals surface area contributed by atoms with Gasteiger partial charge >= 0.3 is 6.01 Å². The van der Waals surface area contributed by atoms with Crippen LogP contribution in [0.1, 0.15) is 25.0 Å². The van der Waals surface area contributed by atoms with E-state index in [1.165, 1.54) is 43.8 Å². The van der Waals surface area contributed by atoms with Crippen molar-refractivity contribution in [3.8, 4) is 17.1 Å². The first kappa shape index (κ1) is 19.0. The van der Waals surface area contributed by atoms with Crippen LogP contribution in [0.2, 0.25) is 0 Å². The smallest absolute Gasteiger partial charge is 0.307 e. The lowest BCUT2D eigenvalue weighted by molar-refractivity contribution is 0.574. The molecule has 5 aromatic carbocycles. The van der Waals surface area contributed by atoms with Gasteiger partial charge in [-0.05, 0) is 69.4 Å². The highest BCUT2D eigenvalue weighted by atomic mass is 16.4. The van der Waals surface area contributed by atoms with E-state index in [4.69, 9.17) is 9.40 Å². The van der Waals surface area contributed by atoms with Gasteiger partial charge in [-0.2, -0.15) is 4.98 Å². The fourth-order valence-electron chi connectivity index (χ4n) is 6.15. The SMILES string of the molecule is CC1(C)c2ccccc2-c2cc3ccc4c(c3cc21)c1ccccc1n4-c1nc2ccccc2o1. The van der Waals surface area contributed by atoms with Gasteiger partial charge in [0.1, 0.15) is 5.52 Å². The Morgan fingerprint density at radius 1 is 0.686 bits per heavy atom. The van der Waals surface area contributed by atoms with E-state index in [1.54, 1.807) is 0 Å². The molecule has 2 aromatic heterocycles. The number of aromatic nitrogens is 2. The molecule has 0 spiro atoms. The maximum absolute atomic E-state index is 6.24. The molecule has 35 heavy (non-hydrogen) atoms. The van der Waals surface area contributed by atoms with Crippen molar-refractivity contribution in [2.24, 2.45) is 0 Å². The normalized spacial score (nSPS) is 14.2. The summed E-state index contributed by atoms with van der Waals surface area (Å²) >= 11 is 0. The molecule has 0 radical (unpaired) electrons. The molecule has 7 aromatic rings. The van der Waals surface area contributed by atoms with Crippen molar-refractivity contribution in [3.05, 3.63) is 108 Å². The van der Waals surface area contributed by atoms with Gasteiger partial charge in [-0.1, -0.05) is 74.5 Å². The Morgan fingerprint density at radius 2 is 1.49 bits per heavy atom. The number of benzene rings is 5. The minimum Gasteiger partial charge on any atom is -0.423 e. The van der Waals surface area contributed by atoms with Gasteiger partial charge in [0.15, 0.2) is 5.58 Å². The van der Waals surface area contributed by atoms with E-state index in [-0.39, 0.29) is 5.41 Å². The van der Waals surface area contributed by atoms with Gasteiger partial charge in [-0.25, -0.2) is 0 Å². The fraction of sp³-hybridized carbons (Fsp3) is 0.0938. The molecular formula is C32H22N2O. The lowest BCUT2D eigenvalue weighted by atomic mass is 9.81. The fourth-order valence-corrected chi connectivity index (χ4v) is 6.15. The zero-order valence-electron chi connectivity index (χ0n) is 19.5. The molecule has 2 heterocycles. The molecule has 1 aliphatic rings. The Bertz CT molecular complexity index is 1950. The van der Waals surface area contributed by atoms with E-state index in [1.807, 2.05) is 24.3 Å². The summed E-state index contributed by atoms with van der Waals surface area (Å²) in [7, 11) is 0. The van der Waals surface area contributed by atoms with Crippen LogP contribution in [0.4, 0.5) is 0 Å². The molecule has 8 rings (SSSR count). The van der Waals surface area contributed by atoms with Gasteiger partial charge in [-0.15, -0.1) is 0 Å². The van der Waals surface area contributed by atoms with Crippen molar-refractivity contribution >= 4 is 43.7 Å². The molecule has 0 saturated carbocycles. The molecule has 0 fully saturated rings. The zero-order valence-corrected chi connectivity index (χ0v) is 19.5. The van der Waals surface area contributed by atoms with E-state index in [0.29, 0.717) is 6.01 Å². The van der Waals surface area contributed by atoms with Crippen LogP contribution in [0, 0.1) is 0 Å². The molecule has 3 nitrogen and oxygen atoms in total. The molecule has 1 aliphatic carbocycles. The number of hydrogen-bond donors (Lipinski definition) is 0. The van der Waals surface area contributed by atoms with Crippen LogP contribution < -0.4 is 0 Å². The number of nitrogens with zero attached hydrogens (tertiary/aromatic N) is 2. The molecule has 0 N–H and O–H groups in total. The van der Waals surface area contributed by atoms with Gasteiger partial charge in [0.2, 0.25) is 0 Å². The first-order valence-corrected chi connectivity index (χ1v) is 12.1. The van der Waals surface area contributed by atoms with Crippen molar-refractivity contribution in [1.29, 1.82) is 0 Å². The second-order valence-electron chi connectivity index (χ2n) is 10.1. The third kappa shape index (κ3) is 2.37. The molecule has 166 valence electrons. The predicted octanol–water partition coefficient (Wildman–Crippen LogP) is 8.38. The summed E-state index contributed by atoms with van der Waals surface area (Å²) in [6, 6.07) is 35.2. The van der Waals surface area contributed by atoms with Gasteiger partial charge in [0, 0.05) is 16.2 Å². The average molecular weight is 451 g/mol. The monoisotopic (exact) mass is 450 g/mol. The maximum Gasteiger partial charge on any atom is 0.307 e. The molecule has 0 unspecified atom stereocenters. The second-order valence-corrected chi connectivity index (χ2v) is 10.1. The van der Waals surface area contributed by atoms with Crippen molar-refractivity contribution in [2.45, 2.75) is 19.3 Å².